The molecule has 1 aromatic rings. The van der Waals surface area contributed by atoms with E-state index in [0.29, 0.717) is 16.9 Å². The lowest BCUT2D eigenvalue weighted by Crippen LogP contribution is -2.25. The maximum Gasteiger partial charge on any atom is 0.251 e. The average molecular weight is 248 g/mol. The quantitative estimate of drug-likeness (QED) is 0.833. The Kier molecular flexibility index (Phi) is 3.50. The van der Waals surface area contributed by atoms with Crippen LogP contribution in [0.3, 0.4) is 0 Å². The molecule has 0 atom stereocenters. The number of ether oxygens (including phenoxy) is 1. The molecule has 96 valence electrons. The van der Waals surface area contributed by atoms with E-state index in [0.717, 1.165) is 12.8 Å². The Morgan fingerprint density at radius 3 is 2.28 bits per heavy atom. The second-order valence-corrected chi connectivity index (χ2v) is 4.18. The minimum Gasteiger partial charge on any atom is -0.490 e. The van der Waals surface area contributed by atoms with Crippen molar-refractivity contribution in [1.82, 2.24) is 10.6 Å². The monoisotopic (exact) mass is 248 g/mol. The first-order chi connectivity index (χ1) is 8.65. The Hall–Kier alpha value is -2.04. The highest BCUT2D eigenvalue weighted by molar-refractivity contribution is 6.07. The molecule has 1 aliphatic carbocycles. The summed E-state index contributed by atoms with van der Waals surface area (Å²) in [5, 5.41) is 5.04. The van der Waals surface area contributed by atoms with Crippen molar-refractivity contribution >= 4 is 11.8 Å². The van der Waals surface area contributed by atoms with Crippen LogP contribution in [-0.4, -0.2) is 32.0 Å². The Bertz CT molecular complexity index is 481. The van der Waals surface area contributed by atoms with Gasteiger partial charge in [-0.25, -0.2) is 0 Å². The van der Waals surface area contributed by atoms with Crippen LogP contribution in [0.2, 0.25) is 0 Å². The van der Waals surface area contributed by atoms with Crippen LogP contribution in [0.4, 0.5) is 0 Å². The summed E-state index contributed by atoms with van der Waals surface area (Å²) in [6.45, 7) is 0. The number of hydrogen-bond acceptors (Lipinski definition) is 3. The molecule has 1 aromatic carbocycles. The van der Waals surface area contributed by atoms with Crippen molar-refractivity contribution in [2.45, 2.75) is 18.9 Å². The molecule has 0 bridgehead atoms. The first kappa shape index (κ1) is 12.4. The van der Waals surface area contributed by atoms with E-state index in [4.69, 9.17) is 4.74 Å². The Morgan fingerprint density at radius 2 is 1.72 bits per heavy atom. The highest BCUT2D eigenvalue weighted by atomic mass is 16.5. The second-order valence-electron chi connectivity index (χ2n) is 4.18. The van der Waals surface area contributed by atoms with Gasteiger partial charge in [0.2, 0.25) is 0 Å². The standard InChI is InChI=1S/C13H16N2O3/c1-14-12(16)10-6-5-9(18-8-3-4-8)7-11(10)13(17)15-2/h5-8H,3-4H2,1-2H3,(H,14,16)(H,15,17). The van der Waals surface area contributed by atoms with Gasteiger partial charge in [-0.05, 0) is 31.0 Å². The molecule has 0 aromatic heterocycles. The molecule has 1 fully saturated rings. The minimum absolute atomic E-state index is 0.258. The summed E-state index contributed by atoms with van der Waals surface area (Å²) < 4.78 is 5.62. The van der Waals surface area contributed by atoms with Crippen molar-refractivity contribution in [2.75, 3.05) is 14.1 Å². The molecule has 0 heterocycles. The van der Waals surface area contributed by atoms with Crippen LogP contribution < -0.4 is 15.4 Å². The predicted molar refractivity (Wildman–Crippen MR) is 66.9 cm³/mol. The van der Waals surface area contributed by atoms with Crippen molar-refractivity contribution in [3.05, 3.63) is 29.3 Å². The first-order valence-electron chi connectivity index (χ1n) is 5.90. The molecule has 1 aliphatic rings. The number of nitrogens with one attached hydrogen (secondary N) is 2. The number of carbonyl (C=O) groups excluding carboxylic acids is 2. The van der Waals surface area contributed by atoms with Gasteiger partial charge in [-0.15, -0.1) is 0 Å². The highest BCUT2D eigenvalue weighted by Crippen LogP contribution is 2.28. The topological polar surface area (TPSA) is 67.4 Å². The second kappa shape index (κ2) is 5.08. The zero-order chi connectivity index (χ0) is 13.1. The molecule has 0 aliphatic heterocycles. The molecule has 5 heteroatoms. The van der Waals surface area contributed by atoms with Gasteiger partial charge >= 0.3 is 0 Å². The van der Waals surface area contributed by atoms with Crippen LogP contribution >= 0.6 is 0 Å². The number of amides is 2. The molecule has 0 unspecified atom stereocenters. The van der Waals surface area contributed by atoms with Crippen LogP contribution in [0, 0.1) is 0 Å². The molecule has 1 saturated carbocycles. The summed E-state index contributed by atoms with van der Waals surface area (Å²) in [5.74, 6) is 0.0465. The van der Waals surface area contributed by atoms with Crippen LogP contribution in [0.5, 0.6) is 5.75 Å². The third-order valence-electron chi connectivity index (χ3n) is 2.76. The van der Waals surface area contributed by atoms with Gasteiger partial charge in [0.15, 0.2) is 0 Å². The Labute approximate surface area is 106 Å². The zero-order valence-corrected chi connectivity index (χ0v) is 10.4. The van der Waals surface area contributed by atoms with Crippen LogP contribution in [0.15, 0.2) is 18.2 Å². The van der Waals surface area contributed by atoms with E-state index in [9.17, 15) is 9.59 Å². The lowest BCUT2D eigenvalue weighted by molar-refractivity contribution is 0.0929. The van der Waals surface area contributed by atoms with E-state index < -0.39 is 0 Å². The molecule has 0 radical (unpaired) electrons. The van der Waals surface area contributed by atoms with Crippen LogP contribution in [0.25, 0.3) is 0 Å². The fraction of sp³-hybridized carbons (Fsp3) is 0.385. The van der Waals surface area contributed by atoms with Gasteiger partial charge in [0.1, 0.15) is 5.75 Å². The van der Waals surface area contributed by atoms with Crippen molar-refractivity contribution in [1.29, 1.82) is 0 Å². The summed E-state index contributed by atoms with van der Waals surface area (Å²) in [5.41, 5.74) is 0.676. The third-order valence-corrected chi connectivity index (χ3v) is 2.76. The van der Waals surface area contributed by atoms with Gasteiger partial charge in [-0.3, -0.25) is 9.59 Å². The number of hydrogen-bond donors (Lipinski definition) is 2. The molecule has 18 heavy (non-hydrogen) atoms. The van der Waals surface area contributed by atoms with Crippen molar-refractivity contribution in [3.63, 3.8) is 0 Å². The molecular weight excluding hydrogens is 232 g/mol. The molecule has 2 rings (SSSR count). The van der Waals surface area contributed by atoms with Crippen molar-refractivity contribution in [2.24, 2.45) is 0 Å². The van der Waals surface area contributed by atoms with Crippen molar-refractivity contribution < 1.29 is 14.3 Å². The number of rotatable bonds is 4. The summed E-state index contributed by atoms with van der Waals surface area (Å²) in [7, 11) is 3.06. The predicted octanol–water partition coefficient (Wildman–Crippen LogP) is 0.947. The minimum atomic E-state index is -0.296. The van der Waals surface area contributed by atoms with E-state index >= 15 is 0 Å². The fourth-order valence-corrected chi connectivity index (χ4v) is 1.63. The molecule has 5 nitrogen and oxygen atoms in total. The van der Waals surface area contributed by atoms with Crippen LogP contribution in [-0.2, 0) is 0 Å². The van der Waals surface area contributed by atoms with Gasteiger partial charge in [-0.2, -0.15) is 0 Å². The smallest absolute Gasteiger partial charge is 0.251 e. The molecule has 2 amide bonds. The fourth-order valence-electron chi connectivity index (χ4n) is 1.63. The van der Waals surface area contributed by atoms with Gasteiger partial charge in [0.05, 0.1) is 17.2 Å². The van der Waals surface area contributed by atoms with E-state index in [1.165, 1.54) is 14.1 Å². The SMILES string of the molecule is CNC(=O)c1ccc(OC2CC2)cc1C(=O)NC. The lowest BCUT2D eigenvalue weighted by Gasteiger charge is -2.10. The maximum absolute atomic E-state index is 11.8. The largest absolute Gasteiger partial charge is 0.490 e. The van der Waals surface area contributed by atoms with Gasteiger partial charge in [0.25, 0.3) is 11.8 Å². The van der Waals surface area contributed by atoms with Gasteiger partial charge in [0, 0.05) is 14.1 Å². The molecular formula is C13H16N2O3. The Balaban J connectivity index is 2.33. The summed E-state index contributed by atoms with van der Waals surface area (Å²) in [6, 6.07) is 4.94. The van der Waals surface area contributed by atoms with E-state index in [1.807, 2.05) is 0 Å². The number of carbonyl (C=O) groups is 2. The summed E-state index contributed by atoms with van der Waals surface area (Å²) >= 11 is 0. The third kappa shape index (κ3) is 2.61. The van der Waals surface area contributed by atoms with Gasteiger partial charge in [-0.1, -0.05) is 0 Å². The van der Waals surface area contributed by atoms with Crippen molar-refractivity contribution in [3.8, 4) is 5.75 Å². The highest BCUT2D eigenvalue weighted by Gasteiger charge is 2.24. The number of benzene rings is 1. The van der Waals surface area contributed by atoms with Gasteiger partial charge < -0.3 is 15.4 Å². The maximum atomic E-state index is 11.8. The summed E-state index contributed by atoms with van der Waals surface area (Å²) in [4.78, 5) is 23.4. The average Bonchev–Trinajstić information content (AvgIpc) is 3.20. The van der Waals surface area contributed by atoms with Crippen LogP contribution in [0.1, 0.15) is 33.6 Å². The normalized spacial score (nSPS) is 13.9. The molecule has 0 spiro atoms. The zero-order valence-electron chi connectivity index (χ0n) is 10.4. The summed E-state index contributed by atoms with van der Waals surface area (Å²) in [6.07, 6.45) is 2.35. The first-order valence-corrected chi connectivity index (χ1v) is 5.90. The Morgan fingerprint density at radius 1 is 1.11 bits per heavy atom. The van der Waals surface area contributed by atoms with E-state index in [1.54, 1.807) is 18.2 Å². The molecule has 2 N–H and O–H groups in total. The van der Waals surface area contributed by atoms with E-state index in [-0.39, 0.29) is 17.9 Å². The lowest BCUT2D eigenvalue weighted by atomic mass is 10.1. The molecule has 0 saturated heterocycles. The van der Waals surface area contributed by atoms with E-state index in [2.05, 4.69) is 10.6 Å².